The van der Waals surface area contributed by atoms with Crippen LogP contribution >= 0.6 is 11.6 Å². The second kappa shape index (κ2) is 4.16. The van der Waals surface area contributed by atoms with E-state index < -0.39 is 0 Å². The van der Waals surface area contributed by atoms with Gasteiger partial charge < -0.3 is 10.3 Å². The number of aromatic nitrogens is 2. The van der Waals surface area contributed by atoms with E-state index in [2.05, 4.69) is 29.5 Å². The number of rotatable bonds is 1. The molecule has 2 N–H and O–H groups in total. The molecule has 0 saturated heterocycles. The lowest BCUT2D eigenvalue weighted by atomic mass is 9.97. The van der Waals surface area contributed by atoms with Crippen LogP contribution in [0.2, 0.25) is 5.02 Å². The van der Waals surface area contributed by atoms with Gasteiger partial charge in [0.15, 0.2) is 0 Å². The molecule has 1 saturated carbocycles. The number of anilines is 1. The lowest BCUT2D eigenvalue weighted by molar-refractivity contribution is 0.361. The van der Waals surface area contributed by atoms with Crippen molar-refractivity contribution in [2.75, 3.05) is 5.73 Å². The van der Waals surface area contributed by atoms with Crippen molar-refractivity contribution in [1.82, 2.24) is 9.55 Å². The van der Waals surface area contributed by atoms with Gasteiger partial charge in [0.2, 0.25) is 5.95 Å². The molecule has 96 valence electrons. The van der Waals surface area contributed by atoms with Gasteiger partial charge in [-0.3, -0.25) is 0 Å². The van der Waals surface area contributed by atoms with Crippen LogP contribution in [0.3, 0.4) is 0 Å². The summed E-state index contributed by atoms with van der Waals surface area (Å²) in [6.45, 7) is 4.62. The van der Waals surface area contributed by atoms with Crippen molar-refractivity contribution in [2.24, 2.45) is 11.8 Å². The third-order valence-electron chi connectivity index (χ3n) is 4.45. The van der Waals surface area contributed by atoms with Crippen molar-refractivity contribution in [1.29, 1.82) is 0 Å². The maximum atomic E-state index is 6.18. The Labute approximate surface area is 112 Å². The fraction of sp³-hybridized carbons (Fsp3) is 0.500. The van der Waals surface area contributed by atoms with Crippen molar-refractivity contribution in [3.63, 3.8) is 0 Å². The average Bonchev–Trinajstić information content (AvgIpc) is 2.83. The zero-order valence-electron chi connectivity index (χ0n) is 10.7. The van der Waals surface area contributed by atoms with Crippen molar-refractivity contribution in [3.8, 4) is 0 Å². The topological polar surface area (TPSA) is 43.8 Å². The first-order valence-electron chi connectivity index (χ1n) is 6.51. The van der Waals surface area contributed by atoms with E-state index in [9.17, 15) is 0 Å². The quantitative estimate of drug-likeness (QED) is 0.849. The highest BCUT2D eigenvalue weighted by Crippen LogP contribution is 2.42. The predicted octanol–water partition coefficient (Wildman–Crippen LogP) is 3.88. The van der Waals surface area contributed by atoms with E-state index in [4.69, 9.17) is 17.3 Å². The van der Waals surface area contributed by atoms with Gasteiger partial charge in [-0.1, -0.05) is 31.5 Å². The molecule has 3 atom stereocenters. The maximum absolute atomic E-state index is 6.18. The normalized spacial score (nSPS) is 28.1. The second-order valence-corrected chi connectivity index (χ2v) is 5.84. The first-order valence-corrected chi connectivity index (χ1v) is 6.89. The Bertz CT molecular complexity index is 590. The second-order valence-electron chi connectivity index (χ2n) is 5.43. The number of para-hydroxylation sites is 1. The number of hydrogen-bond donors (Lipinski definition) is 1. The SMILES string of the molecule is CC1CCC(n2c(N)nc3c(Cl)cccc32)C1C. The zero-order valence-corrected chi connectivity index (χ0v) is 11.5. The van der Waals surface area contributed by atoms with E-state index in [1.54, 1.807) is 0 Å². The summed E-state index contributed by atoms with van der Waals surface area (Å²) in [5.41, 5.74) is 7.99. The van der Waals surface area contributed by atoms with Gasteiger partial charge in [0, 0.05) is 6.04 Å². The lowest BCUT2D eigenvalue weighted by Gasteiger charge is -2.21. The molecule has 0 amide bonds. The summed E-state index contributed by atoms with van der Waals surface area (Å²) in [6, 6.07) is 6.33. The molecule has 4 heteroatoms. The van der Waals surface area contributed by atoms with Gasteiger partial charge in [-0.05, 0) is 36.8 Å². The molecule has 2 aromatic rings. The Morgan fingerprint density at radius 1 is 1.33 bits per heavy atom. The molecule has 18 heavy (non-hydrogen) atoms. The third kappa shape index (κ3) is 1.61. The smallest absolute Gasteiger partial charge is 0.201 e. The summed E-state index contributed by atoms with van der Waals surface area (Å²) in [4.78, 5) is 4.43. The zero-order chi connectivity index (χ0) is 12.9. The fourth-order valence-electron chi connectivity index (χ4n) is 3.15. The number of halogens is 1. The Morgan fingerprint density at radius 2 is 2.11 bits per heavy atom. The number of imidazole rings is 1. The molecule has 1 heterocycles. The number of benzene rings is 1. The van der Waals surface area contributed by atoms with Gasteiger partial charge in [-0.25, -0.2) is 4.98 Å². The molecular formula is C14H18ClN3. The van der Waals surface area contributed by atoms with E-state index in [1.807, 2.05) is 12.1 Å². The summed E-state index contributed by atoms with van der Waals surface area (Å²) < 4.78 is 2.18. The highest BCUT2D eigenvalue weighted by molar-refractivity contribution is 6.35. The molecule has 0 bridgehead atoms. The average molecular weight is 264 g/mol. The highest BCUT2D eigenvalue weighted by Gasteiger charge is 2.33. The van der Waals surface area contributed by atoms with E-state index in [-0.39, 0.29) is 0 Å². The molecule has 1 aliphatic rings. The molecule has 1 aromatic carbocycles. The Hall–Kier alpha value is -1.22. The van der Waals surface area contributed by atoms with E-state index in [1.165, 1.54) is 12.8 Å². The summed E-state index contributed by atoms with van der Waals surface area (Å²) in [5.74, 6) is 1.96. The molecule has 3 rings (SSSR count). The van der Waals surface area contributed by atoms with Crippen LogP contribution in [0.4, 0.5) is 5.95 Å². The van der Waals surface area contributed by atoms with Crippen LogP contribution in [0.1, 0.15) is 32.7 Å². The van der Waals surface area contributed by atoms with E-state index >= 15 is 0 Å². The number of nitrogens with zero attached hydrogens (tertiary/aromatic N) is 2. The van der Waals surface area contributed by atoms with Crippen molar-refractivity contribution in [2.45, 2.75) is 32.7 Å². The van der Waals surface area contributed by atoms with Gasteiger partial charge in [0.25, 0.3) is 0 Å². The lowest BCUT2D eigenvalue weighted by Crippen LogP contribution is -2.16. The van der Waals surface area contributed by atoms with Crippen LogP contribution in [0.5, 0.6) is 0 Å². The Balaban J connectivity index is 2.17. The minimum atomic E-state index is 0.448. The Morgan fingerprint density at radius 3 is 2.78 bits per heavy atom. The molecule has 1 fully saturated rings. The van der Waals surface area contributed by atoms with Gasteiger partial charge in [-0.2, -0.15) is 0 Å². The number of nitrogens with two attached hydrogens (primary N) is 1. The molecule has 1 aliphatic carbocycles. The van der Waals surface area contributed by atoms with Crippen LogP contribution in [-0.2, 0) is 0 Å². The number of nitrogen functional groups attached to an aromatic ring is 1. The van der Waals surface area contributed by atoms with Gasteiger partial charge >= 0.3 is 0 Å². The van der Waals surface area contributed by atoms with Crippen LogP contribution < -0.4 is 5.73 Å². The molecular weight excluding hydrogens is 246 g/mol. The van der Waals surface area contributed by atoms with Crippen LogP contribution in [0.25, 0.3) is 11.0 Å². The summed E-state index contributed by atoms with van der Waals surface area (Å²) >= 11 is 6.18. The standard InChI is InChI=1S/C14H18ClN3/c1-8-6-7-11(9(8)2)18-12-5-3-4-10(15)13(12)17-14(18)16/h3-5,8-9,11H,6-7H2,1-2H3,(H2,16,17). The molecule has 0 radical (unpaired) electrons. The monoisotopic (exact) mass is 263 g/mol. The van der Waals surface area contributed by atoms with Gasteiger partial charge in [0.05, 0.1) is 10.5 Å². The molecule has 1 aromatic heterocycles. The molecule has 3 nitrogen and oxygen atoms in total. The summed E-state index contributed by atoms with van der Waals surface area (Å²) in [5, 5.41) is 0.677. The van der Waals surface area contributed by atoms with Crippen LogP contribution in [0.15, 0.2) is 18.2 Å². The van der Waals surface area contributed by atoms with Crippen molar-refractivity contribution in [3.05, 3.63) is 23.2 Å². The third-order valence-corrected chi connectivity index (χ3v) is 4.76. The minimum Gasteiger partial charge on any atom is -0.369 e. The highest BCUT2D eigenvalue weighted by atomic mass is 35.5. The summed E-state index contributed by atoms with van der Waals surface area (Å²) in [6.07, 6.45) is 2.43. The minimum absolute atomic E-state index is 0.448. The largest absolute Gasteiger partial charge is 0.369 e. The number of fused-ring (bicyclic) bond motifs is 1. The number of hydrogen-bond acceptors (Lipinski definition) is 2. The molecule has 0 aliphatic heterocycles. The van der Waals surface area contributed by atoms with Crippen LogP contribution in [0, 0.1) is 11.8 Å². The maximum Gasteiger partial charge on any atom is 0.201 e. The molecule has 3 unspecified atom stereocenters. The van der Waals surface area contributed by atoms with Gasteiger partial charge in [0.1, 0.15) is 5.52 Å². The Kier molecular flexibility index (Phi) is 2.74. The van der Waals surface area contributed by atoms with E-state index in [0.29, 0.717) is 22.9 Å². The van der Waals surface area contributed by atoms with Crippen molar-refractivity contribution < 1.29 is 0 Å². The first-order chi connectivity index (χ1) is 8.59. The van der Waals surface area contributed by atoms with E-state index in [0.717, 1.165) is 17.0 Å². The first kappa shape index (κ1) is 11.8. The molecule has 0 spiro atoms. The van der Waals surface area contributed by atoms with Gasteiger partial charge in [-0.15, -0.1) is 0 Å². The van der Waals surface area contributed by atoms with Crippen LogP contribution in [-0.4, -0.2) is 9.55 Å². The fourth-order valence-corrected chi connectivity index (χ4v) is 3.36. The van der Waals surface area contributed by atoms with Crippen molar-refractivity contribution >= 4 is 28.6 Å². The summed E-state index contributed by atoms with van der Waals surface area (Å²) in [7, 11) is 0. The predicted molar refractivity (Wildman–Crippen MR) is 75.8 cm³/mol.